The highest BCUT2D eigenvalue weighted by Crippen LogP contribution is 2.29. The number of nitrogens with one attached hydrogen (secondary N) is 1. The van der Waals surface area contributed by atoms with Gasteiger partial charge in [-0.3, -0.25) is 19.2 Å². The van der Waals surface area contributed by atoms with Crippen molar-refractivity contribution in [1.29, 1.82) is 0 Å². The van der Waals surface area contributed by atoms with Crippen molar-refractivity contribution in [3.05, 3.63) is 130 Å². The van der Waals surface area contributed by atoms with E-state index in [0.717, 1.165) is 11.1 Å². The van der Waals surface area contributed by atoms with Crippen molar-refractivity contribution in [2.45, 2.75) is 18.8 Å². The van der Waals surface area contributed by atoms with Crippen LogP contribution in [0.4, 0.5) is 0 Å². The van der Waals surface area contributed by atoms with Gasteiger partial charge in [0, 0.05) is 34.7 Å². The Morgan fingerprint density at radius 1 is 0.692 bits per heavy atom. The van der Waals surface area contributed by atoms with Crippen LogP contribution in [-0.2, 0) is 4.79 Å². The summed E-state index contributed by atoms with van der Waals surface area (Å²) >= 11 is 5.97. The van der Waals surface area contributed by atoms with E-state index in [1.54, 1.807) is 36.4 Å². The van der Waals surface area contributed by atoms with Crippen LogP contribution in [0.2, 0.25) is 5.02 Å². The zero-order chi connectivity index (χ0) is 27.8. The zero-order valence-corrected chi connectivity index (χ0v) is 21.7. The van der Waals surface area contributed by atoms with E-state index in [1.165, 1.54) is 12.1 Å². The third kappa shape index (κ3) is 7.27. The molecule has 0 spiro atoms. The van der Waals surface area contributed by atoms with E-state index in [-0.39, 0.29) is 31.0 Å². The summed E-state index contributed by atoms with van der Waals surface area (Å²) < 4.78 is 0. The molecule has 4 rings (SSSR count). The van der Waals surface area contributed by atoms with Crippen molar-refractivity contribution in [3.63, 3.8) is 0 Å². The van der Waals surface area contributed by atoms with Crippen LogP contribution in [-0.4, -0.2) is 35.1 Å². The molecular weight excluding hydrogens is 514 g/mol. The summed E-state index contributed by atoms with van der Waals surface area (Å²) in [4.78, 5) is 49.8. The van der Waals surface area contributed by atoms with Gasteiger partial charge in [-0.2, -0.15) is 0 Å². The van der Waals surface area contributed by atoms with Crippen molar-refractivity contribution >= 4 is 35.0 Å². The van der Waals surface area contributed by atoms with Crippen molar-refractivity contribution in [2.75, 3.05) is 6.54 Å². The molecule has 0 aliphatic rings. The van der Waals surface area contributed by atoms with E-state index in [0.29, 0.717) is 27.3 Å². The molecule has 2 N–H and O–H groups in total. The summed E-state index contributed by atoms with van der Waals surface area (Å²) in [7, 11) is 0. The zero-order valence-electron chi connectivity index (χ0n) is 21.0. The van der Waals surface area contributed by atoms with Gasteiger partial charge in [-0.15, -0.1) is 0 Å². The maximum absolute atomic E-state index is 13.7. The van der Waals surface area contributed by atoms with Crippen LogP contribution >= 0.6 is 11.6 Å². The highest BCUT2D eigenvalue weighted by molar-refractivity contribution is 6.30. The van der Waals surface area contributed by atoms with Crippen LogP contribution in [0.1, 0.15) is 55.4 Å². The second kappa shape index (κ2) is 12.8. The molecule has 0 aliphatic carbocycles. The van der Waals surface area contributed by atoms with Gasteiger partial charge in [0.05, 0.1) is 12.3 Å². The average molecular weight is 540 g/mol. The van der Waals surface area contributed by atoms with Gasteiger partial charge in [0.1, 0.15) is 0 Å². The second-order valence-corrected chi connectivity index (χ2v) is 9.45. The third-order valence-electron chi connectivity index (χ3n) is 6.35. The maximum Gasteiger partial charge on any atom is 0.305 e. The lowest BCUT2D eigenvalue weighted by Gasteiger charge is -2.17. The van der Waals surface area contributed by atoms with E-state index in [1.807, 2.05) is 54.6 Å². The smallest absolute Gasteiger partial charge is 0.305 e. The maximum atomic E-state index is 13.7. The summed E-state index contributed by atoms with van der Waals surface area (Å²) in [6.07, 6.45) is -0.225. The van der Waals surface area contributed by atoms with Crippen LogP contribution in [0.25, 0.3) is 11.1 Å². The average Bonchev–Trinajstić information content (AvgIpc) is 2.96. The summed E-state index contributed by atoms with van der Waals surface area (Å²) in [5, 5.41) is 11.8. The molecule has 0 saturated heterocycles. The number of carboxylic acids is 1. The first kappa shape index (κ1) is 27.5. The molecule has 1 atom stereocenters. The van der Waals surface area contributed by atoms with E-state index < -0.39 is 17.8 Å². The van der Waals surface area contributed by atoms with E-state index in [9.17, 15) is 19.2 Å². The van der Waals surface area contributed by atoms with Crippen LogP contribution in [0.3, 0.4) is 0 Å². The molecule has 39 heavy (non-hydrogen) atoms. The van der Waals surface area contributed by atoms with Gasteiger partial charge in [0.25, 0.3) is 5.91 Å². The fraction of sp³-hybridized carbons (Fsp3) is 0.125. The number of aliphatic carboxylic acids is 1. The molecule has 1 amide bonds. The Labute approximate surface area is 231 Å². The molecule has 0 bridgehead atoms. The quantitative estimate of drug-likeness (QED) is 0.213. The fourth-order valence-corrected chi connectivity index (χ4v) is 4.34. The molecule has 1 unspecified atom stereocenters. The Kier molecular flexibility index (Phi) is 9.02. The van der Waals surface area contributed by atoms with Crippen molar-refractivity contribution in [3.8, 4) is 11.1 Å². The number of carboxylic acid groups (broad SMARTS) is 1. The third-order valence-corrected chi connectivity index (χ3v) is 6.60. The molecule has 6 nitrogen and oxygen atoms in total. The van der Waals surface area contributed by atoms with Crippen LogP contribution in [0.15, 0.2) is 103 Å². The Morgan fingerprint density at radius 3 is 1.87 bits per heavy atom. The standard InChI is InChI=1S/C32H26ClNO5/c33-27-16-14-24(15-17-27)29(35)20-28(23-8-6-22(7-9-23)21-4-2-1-3-5-21)31(38)25-10-12-26(13-11-25)32(39)34-19-18-30(36)37/h1-17,28H,18-20H2,(H,34,39)(H,36,37). The summed E-state index contributed by atoms with van der Waals surface area (Å²) in [6.45, 7) is 0.00269. The monoisotopic (exact) mass is 539 g/mol. The first-order valence-corrected chi connectivity index (χ1v) is 12.8. The number of hydrogen-bond donors (Lipinski definition) is 2. The Bertz CT molecular complexity index is 1460. The minimum Gasteiger partial charge on any atom is -0.481 e. The largest absolute Gasteiger partial charge is 0.481 e. The molecule has 7 heteroatoms. The summed E-state index contributed by atoms with van der Waals surface area (Å²) in [6, 6.07) is 30.1. The topological polar surface area (TPSA) is 101 Å². The molecule has 0 saturated carbocycles. The molecule has 4 aromatic carbocycles. The molecule has 0 aromatic heterocycles. The lowest BCUT2D eigenvalue weighted by atomic mass is 9.84. The minimum absolute atomic E-state index is 0.00269. The molecule has 0 radical (unpaired) electrons. The molecule has 0 aliphatic heterocycles. The van der Waals surface area contributed by atoms with E-state index in [4.69, 9.17) is 16.7 Å². The second-order valence-electron chi connectivity index (χ2n) is 9.02. The van der Waals surface area contributed by atoms with E-state index >= 15 is 0 Å². The van der Waals surface area contributed by atoms with Crippen LogP contribution in [0, 0.1) is 0 Å². The van der Waals surface area contributed by atoms with Crippen molar-refractivity contribution in [1.82, 2.24) is 5.32 Å². The molecule has 196 valence electrons. The number of benzene rings is 4. The normalized spacial score (nSPS) is 11.4. The van der Waals surface area contributed by atoms with Crippen LogP contribution < -0.4 is 5.32 Å². The number of carbonyl (C=O) groups excluding carboxylic acids is 3. The predicted octanol–water partition coefficient (Wildman–Crippen LogP) is 6.45. The number of amides is 1. The van der Waals surface area contributed by atoms with Crippen LogP contribution in [0.5, 0.6) is 0 Å². The summed E-state index contributed by atoms with van der Waals surface area (Å²) in [5.41, 5.74) is 3.87. The SMILES string of the molecule is O=C(O)CCNC(=O)c1ccc(C(=O)C(CC(=O)c2ccc(Cl)cc2)c2ccc(-c3ccccc3)cc2)cc1. The van der Waals surface area contributed by atoms with Crippen molar-refractivity contribution < 1.29 is 24.3 Å². The van der Waals surface area contributed by atoms with Gasteiger partial charge in [0.15, 0.2) is 11.6 Å². The van der Waals surface area contributed by atoms with Gasteiger partial charge in [-0.1, -0.05) is 78.3 Å². The number of ketones is 2. The predicted molar refractivity (Wildman–Crippen MR) is 150 cm³/mol. The first-order chi connectivity index (χ1) is 18.8. The fourth-order valence-electron chi connectivity index (χ4n) is 4.21. The number of carbonyl (C=O) groups is 4. The Morgan fingerprint density at radius 2 is 1.26 bits per heavy atom. The molecule has 4 aromatic rings. The van der Waals surface area contributed by atoms with Crippen molar-refractivity contribution in [2.24, 2.45) is 0 Å². The highest BCUT2D eigenvalue weighted by Gasteiger charge is 2.26. The summed E-state index contributed by atoms with van der Waals surface area (Å²) in [5.74, 6) is -2.61. The van der Waals surface area contributed by atoms with Gasteiger partial charge < -0.3 is 10.4 Å². The molecule has 0 heterocycles. The number of halogens is 1. The van der Waals surface area contributed by atoms with Gasteiger partial charge >= 0.3 is 5.97 Å². The molecule has 0 fully saturated rings. The van der Waals surface area contributed by atoms with E-state index in [2.05, 4.69) is 5.32 Å². The molecular formula is C32H26ClNO5. The highest BCUT2D eigenvalue weighted by atomic mass is 35.5. The Hall–Kier alpha value is -4.55. The first-order valence-electron chi connectivity index (χ1n) is 12.4. The van der Waals surface area contributed by atoms with Gasteiger partial charge in [0.2, 0.25) is 0 Å². The number of rotatable bonds is 11. The van der Waals surface area contributed by atoms with Gasteiger partial charge in [-0.25, -0.2) is 0 Å². The van der Waals surface area contributed by atoms with Gasteiger partial charge in [-0.05, 0) is 53.1 Å². The number of hydrogen-bond acceptors (Lipinski definition) is 4. The lowest BCUT2D eigenvalue weighted by molar-refractivity contribution is -0.136. The Balaban J connectivity index is 1.58. The minimum atomic E-state index is -1.01. The lowest BCUT2D eigenvalue weighted by Crippen LogP contribution is -2.26. The number of Topliss-reactive ketones (excluding diaryl/α,β-unsaturated/α-hetero) is 2.